The number of esters is 1. The molecule has 1 amide bonds. The van der Waals surface area contributed by atoms with E-state index in [2.05, 4.69) is 10.1 Å². The third-order valence-corrected chi connectivity index (χ3v) is 3.92. The van der Waals surface area contributed by atoms with Crippen molar-refractivity contribution < 1.29 is 32.2 Å². The molecule has 2 aromatic carbocycles. The number of halogens is 4. The van der Waals surface area contributed by atoms with Crippen LogP contribution in [0.4, 0.5) is 18.0 Å². The fourth-order valence-electron chi connectivity index (χ4n) is 2.24. The van der Waals surface area contributed by atoms with Crippen LogP contribution in [0.25, 0.3) is 0 Å². The molecule has 0 aliphatic rings. The lowest BCUT2D eigenvalue weighted by molar-refractivity contribution is -0.187. The van der Waals surface area contributed by atoms with Crippen molar-refractivity contribution >= 4 is 23.7 Å². The Hall–Kier alpha value is -2.74. The van der Waals surface area contributed by atoms with Crippen LogP contribution in [-0.4, -0.2) is 30.9 Å². The van der Waals surface area contributed by atoms with Crippen molar-refractivity contribution in [2.24, 2.45) is 0 Å². The number of nitrogens with one attached hydrogen (secondary N) is 1. The molecule has 0 fully saturated rings. The van der Waals surface area contributed by atoms with E-state index >= 15 is 0 Å². The molecule has 0 spiro atoms. The molecule has 0 radical (unpaired) electrons. The molecule has 1 N–H and O–H groups in total. The van der Waals surface area contributed by atoms with Gasteiger partial charge in [0.15, 0.2) is 6.61 Å². The molecule has 0 aliphatic heterocycles. The lowest BCUT2D eigenvalue weighted by Crippen LogP contribution is -2.44. The Kier molecular flexibility index (Phi) is 7.69. The summed E-state index contributed by atoms with van der Waals surface area (Å²) in [7, 11) is 0. The molecule has 0 aliphatic carbocycles. The topological polar surface area (TPSA) is 64.6 Å². The Bertz CT molecular complexity index is 799. The van der Waals surface area contributed by atoms with Gasteiger partial charge in [0, 0.05) is 11.4 Å². The number of carbonyl (C=O) groups excluding carboxylic acids is 2. The van der Waals surface area contributed by atoms with E-state index in [1.807, 2.05) is 0 Å². The number of hydrogen-bond donors (Lipinski definition) is 1. The quantitative estimate of drug-likeness (QED) is 0.685. The molecular formula is C19H17ClF3NO4. The van der Waals surface area contributed by atoms with Crippen molar-refractivity contribution in [2.75, 3.05) is 6.61 Å². The molecule has 5 nitrogen and oxygen atoms in total. The van der Waals surface area contributed by atoms with E-state index in [1.54, 1.807) is 54.6 Å². The number of hydrogen-bond acceptors (Lipinski definition) is 4. The van der Waals surface area contributed by atoms with Crippen LogP contribution in [0.3, 0.4) is 0 Å². The van der Waals surface area contributed by atoms with Crippen molar-refractivity contribution in [1.82, 2.24) is 5.32 Å². The summed E-state index contributed by atoms with van der Waals surface area (Å²) in [4.78, 5) is 24.1. The van der Waals surface area contributed by atoms with E-state index in [0.29, 0.717) is 16.1 Å². The van der Waals surface area contributed by atoms with Crippen LogP contribution in [0.2, 0.25) is 5.02 Å². The molecule has 150 valence electrons. The van der Waals surface area contributed by atoms with Crippen LogP contribution in [0.5, 0.6) is 0 Å². The zero-order valence-electron chi connectivity index (χ0n) is 14.5. The molecular weight excluding hydrogens is 399 g/mol. The number of alkyl halides is 3. The van der Waals surface area contributed by atoms with Crippen molar-refractivity contribution in [2.45, 2.75) is 25.2 Å². The first-order valence-corrected chi connectivity index (χ1v) is 8.56. The summed E-state index contributed by atoms with van der Waals surface area (Å²) in [5, 5.41) is 2.54. The van der Waals surface area contributed by atoms with Crippen molar-refractivity contribution in [1.29, 1.82) is 0 Å². The fraction of sp³-hybridized carbons (Fsp3) is 0.263. The highest BCUT2D eigenvalue weighted by atomic mass is 35.5. The Morgan fingerprint density at radius 1 is 1.00 bits per heavy atom. The van der Waals surface area contributed by atoms with Gasteiger partial charge in [-0.2, -0.15) is 13.2 Å². The first-order chi connectivity index (χ1) is 13.2. The minimum absolute atomic E-state index is 0.0664. The molecule has 0 aromatic heterocycles. The van der Waals surface area contributed by atoms with Crippen LogP contribution < -0.4 is 5.32 Å². The second kappa shape index (κ2) is 9.98. The second-order valence-corrected chi connectivity index (χ2v) is 6.18. The Balaban J connectivity index is 2.03. The third-order valence-electron chi connectivity index (χ3n) is 3.55. The zero-order valence-corrected chi connectivity index (χ0v) is 15.3. The maximum absolute atomic E-state index is 12.3. The zero-order chi connectivity index (χ0) is 20.6. The molecule has 2 rings (SSSR count). The van der Waals surface area contributed by atoms with E-state index in [0.717, 1.165) is 0 Å². The lowest BCUT2D eigenvalue weighted by atomic mass is 10.1. The highest BCUT2D eigenvalue weighted by molar-refractivity contribution is 6.31. The minimum Gasteiger partial charge on any atom is -0.454 e. The molecule has 0 bridgehead atoms. The maximum atomic E-state index is 12.3. The predicted octanol–water partition coefficient (Wildman–Crippen LogP) is 4.28. The summed E-state index contributed by atoms with van der Waals surface area (Å²) in [6.45, 7) is -1.82. The fourth-order valence-corrected chi connectivity index (χ4v) is 2.45. The minimum atomic E-state index is -4.68. The van der Waals surface area contributed by atoms with E-state index in [1.165, 1.54) is 0 Å². The number of benzene rings is 2. The molecule has 0 saturated heterocycles. The second-order valence-electron chi connectivity index (χ2n) is 5.78. The van der Waals surface area contributed by atoms with Crippen LogP contribution in [0.1, 0.15) is 11.1 Å². The van der Waals surface area contributed by atoms with Crippen LogP contribution in [-0.2, 0) is 27.3 Å². The summed E-state index contributed by atoms with van der Waals surface area (Å²) >= 11 is 6.02. The van der Waals surface area contributed by atoms with Gasteiger partial charge in [-0.1, -0.05) is 60.1 Å². The SMILES string of the molecule is O=C(N[C@H](Cc1ccccc1Cl)C(=O)OCC(F)(F)F)OCc1ccccc1. The number of alkyl carbamates (subject to hydrolysis) is 1. The summed E-state index contributed by atoms with van der Waals surface area (Å²) in [6.07, 6.45) is -5.81. The van der Waals surface area contributed by atoms with E-state index in [9.17, 15) is 22.8 Å². The van der Waals surface area contributed by atoms with Crippen LogP contribution in [0, 0.1) is 0 Å². The Morgan fingerprint density at radius 3 is 2.29 bits per heavy atom. The Labute approximate surface area is 164 Å². The number of rotatable bonds is 7. The molecule has 2 aromatic rings. The standard InChI is InChI=1S/C19H17ClF3NO4/c20-15-9-5-4-8-14(15)10-16(17(25)28-12-19(21,22)23)24-18(26)27-11-13-6-2-1-3-7-13/h1-9,16H,10-12H2,(H,24,26)/t16-/m1/s1. The van der Waals surface area contributed by atoms with Gasteiger partial charge in [-0.15, -0.1) is 0 Å². The average molecular weight is 416 g/mol. The van der Waals surface area contributed by atoms with Gasteiger partial charge in [0.2, 0.25) is 0 Å². The van der Waals surface area contributed by atoms with Gasteiger partial charge in [0.05, 0.1) is 0 Å². The predicted molar refractivity (Wildman–Crippen MR) is 95.7 cm³/mol. The number of carbonyl (C=O) groups is 2. The largest absolute Gasteiger partial charge is 0.454 e. The van der Waals surface area contributed by atoms with Gasteiger partial charge >= 0.3 is 18.2 Å². The third kappa shape index (κ3) is 7.48. The van der Waals surface area contributed by atoms with E-state index in [-0.39, 0.29) is 13.0 Å². The van der Waals surface area contributed by atoms with Gasteiger partial charge in [-0.05, 0) is 17.2 Å². The normalized spacial score (nSPS) is 12.1. The first-order valence-electron chi connectivity index (χ1n) is 8.18. The van der Waals surface area contributed by atoms with Crippen molar-refractivity contribution in [3.63, 3.8) is 0 Å². The number of ether oxygens (including phenoxy) is 2. The maximum Gasteiger partial charge on any atom is 0.422 e. The first kappa shape index (κ1) is 21.6. The van der Waals surface area contributed by atoms with Gasteiger partial charge in [-0.3, -0.25) is 0 Å². The van der Waals surface area contributed by atoms with Gasteiger partial charge in [0.25, 0.3) is 0 Å². The number of amides is 1. The van der Waals surface area contributed by atoms with Crippen molar-refractivity contribution in [3.8, 4) is 0 Å². The van der Waals surface area contributed by atoms with Gasteiger partial charge in [0.1, 0.15) is 12.6 Å². The highest BCUT2D eigenvalue weighted by Crippen LogP contribution is 2.19. The molecule has 0 unspecified atom stereocenters. The van der Waals surface area contributed by atoms with Gasteiger partial charge in [-0.25, -0.2) is 9.59 Å². The summed E-state index contributed by atoms with van der Waals surface area (Å²) < 4.78 is 46.3. The van der Waals surface area contributed by atoms with E-state index in [4.69, 9.17) is 16.3 Å². The smallest absolute Gasteiger partial charge is 0.422 e. The summed E-state index contributed by atoms with van der Waals surface area (Å²) in [5.74, 6) is -1.24. The monoisotopic (exact) mass is 415 g/mol. The molecule has 0 saturated carbocycles. The highest BCUT2D eigenvalue weighted by Gasteiger charge is 2.32. The van der Waals surface area contributed by atoms with Gasteiger partial charge < -0.3 is 14.8 Å². The van der Waals surface area contributed by atoms with Crippen molar-refractivity contribution in [3.05, 3.63) is 70.7 Å². The Morgan fingerprint density at radius 2 is 1.64 bits per heavy atom. The molecule has 9 heteroatoms. The van der Waals surface area contributed by atoms with E-state index < -0.39 is 30.9 Å². The summed E-state index contributed by atoms with van der Waals surface area (Å²) in [5.41, 5.74) is 1.17. The van der Waals surface area contributed by atoms with Crippen LogP contribution in [0.15, 0.2) is 54.6 Å². The van der Waals surface area contributed by atoms with Crippen LogP contribution >= 0.6 is 11.6 Å². The lowest BCUT2D eigenvalue weighted by Gasteiger charge is -2.19. The molecule has 1 atom stereocenters. The summed E-state index contributed by atoms with van der Waals surface area (Å²) in [6, 6.07) is 13.8. The average Bonchev–Trinajstić information content (AvgIpc) is 2.66. The molecule has 0 heterocycles. The molecule has 28 heavy (non-hydrogen) atoms.